The summed E-state index contributed by atoms with van der Waals surface area (Å²) >= 11 is 1.79. The van der Waals surface area contributed by atoms with Crippen LogP contribution in [0.4, 0.5) is 0 Å². The Morgan fingerprint density at radius 3 is 2.54 bits per heavy atom. The summed E-state index contributed by atoms with van der Waals surface area (Å²) < 4.78 is 0. The molecule has 1 aliphatic carbocycles. The predicted molar refractivity (Wildman–Crippen MR) is 98.6 cm³/mol. The Morgan fingerprint density at radius 2 is 1.75 bits per heavy atom. The molecular formula is C20H24N2OS. The molecule has 2 aromatic rings. The van der Waals surface area contributed by atoms with E-state index in [2.05, 4.69) is 45.5 Å². The molecule has 0 unspecified atom stereocenters. The number of fused-ring (bicyclic) bond motifs is 1. The molecule has 1 aromatic heterocycles. The normalized spacial score (nSPS) is 18.4. The molecule has 4 rings (SSSR count). The van der Waals surface area contributed by atoms with Crippen LogP contribution in [0.5, 0.6) is 0 Å². The highest BCUT2D eigenvalue weighted by Crippen LogP contribution is 2.31. The largest absolute Gasteiger partial charge is 0.336 e. The maximum Gasteiger partial charge on any atom is 0.255 e. The van der Waals surface area contributed by atoms with Gasteiger partial charge in [0.25, 0.3) is 5.91 Å². The van der Waals surface area contributed by atoms with Gasteiger partial charge in [-0.2, -0.15) is 0 Å². The number of thiophene rings is 1. The van der Waals surface area contributed by atoms with Crippen molar-refractivity contribution < 1.29 is 4.79 Å². The molecule has 1 fully saturated rings. The zero-order valence-corrected chi connectivity index (χ0v) is 14.9. The quantitative estimate of drug-likeness (QED) is 0.852. The van der Waals surface area contributed by atoms with E-state index in [-0.39, 0.29) is 5.91 Å². The predicted octanol–water partition coefficient (Wildman–Crippen LogP) is 3.58. The standard InChI is InChI=1S/C20H24N2OS/c23-20(18-15-24-19-9-5-4-8-17(18)19)22-12-10-21(11-13-22)14-16-6-2-1-3-7-16/h1-3,6-7,15H,4-5,8-14H2. The Bertz CT molecular complexity index is 702. The third-order valence-corrected chi connectivity index (χ3v) is 6.29. The second-order valence-electron chi connectivity index (χ2n) is 6.81. The lowest BCUT2D eigenvalue weighted by Crippen LogP contribution is -2.48. The van der Waals surface area contributed by atoms with Crippen LogP contribution in [0.1, 0.15) is 39.2 Å². The summed E-state index contributed by atoms with van der Waals surface area (Å²) in [6, 6.07) is 10.6. The molecule has 1 amide bonds. The number of rotatable bonds is 3. The Hall–Kier alpha value is -1.65. The summed E-state index contributed by atoms with van der Waals surface area (Å²) in [6.07, 6.45) is 4.76. The summed E-state index contributed by atoms with van der Waals surface area (Å²) in [5, 5.41) is 2.11. The van der Waals surface area contributed by atoms with Crippen molar-refractivity contribution in [3.05, 3.63) is 57.3 Å². The van der Waals surface area contributed by atoms with Crippen molar-refractivity contribution >= 4 is 17.2 Å². The van der Waals surface area contributed by atoms with Gasteiger partial charge in [-0.05, 0) is 36.8 Å². The van der Waals surface area contributed by atoms with Gasteiger partial charge < -0.3 is 4.90 Å². The van der Waals surface area contributed by atoms with Gasteiger partial charge in [0.2, 0.25) is 0 Å². The van der Waals surface area contributed by atoms with Gasteiger partial charge in [0.15, 0.2) is 0 Å². The molecule has 126 valence electrons. The molecule has 3 nitrogen and oxygen atoms in total. The Labute approximate surface area is 147 Å². The molecule has 0 atom stereocenters. The SMILES string of the molecule is O=C(c1csc2c1CCCC2)N1CCN(Cc2ccccc2)CC1. The van der Waals surface area contributed by atoms with Crippen molar-refractivity contribution in [1.29, 1.82) is 0 Å². The van der Waals surface area contributed by atoms with E-state index >= 15 is 0 Å². The molecule has 24 heavy (non-hydrogen) atoms. The summed E-state index contributed by atoms with van der Waals surface area (Å²) in [5.74, 6) is 0.258. The van der Waals surface area contributed by atoms with Gasteiger partial charge in [-0.25, -0.2) is 0 Å². The molecular weight excluding hydrogens is 316 g/mol. The Morgan fingerprint density at radius 1 is 1.00 bits per heavy atom. The minimum atomic E-state index is 0.258. The lowest BCUT2D eigenvalue weighted by atomic mass is 9.95. The van der Waals surface area contributed by atoms with Crippen LogP contribution in [-0.4, -0.2) is 41.9 Å². The molecule has 2 heterocycles. The molecule has 0 radical (unpaired) electrons. The van der Waals surface area contributed by atoms with Crippen LogP contribution < -0.4 is 0 Å². The Balaban J connectivity index is 1.37. The smallest absolute Gasteiger partial charge is 0.255 e. The fourth-order valence-electron chi connectivity index (χ4n) is 3.79. The number of benzene rings is 1. The first-order valence-corrected chi connectivity index (χ1v) is 9.84. The summed E-state index contributed by atoms with van der Waals surface area (Å²) in [7, 11) is 0. The third kappa shape index (κ3) is 3.26. The van der Waals surface area contributed by atoms with E-state index in [1.807, 2.05) is 0 Å². The first kappa shape index (κ1) is 15.9. The van der Waals surface area contributed by atoms with Gasteiger partial charge in [0, 0.05) is 43.0 Å². The van der Waals surface area contributed by atoms with Crippen molar-refractivity contribution in [2.24, 2.45) is 0 Å². The average molecular weight is 340 g/mol. The van der Waals surface area contributed by atoms with E-state index in [4.69, 9.17) is 0 Å². The number of carbonyl (C=O) groups excluding carboxylic acids is 1. The molecule has 0 saturated carbocycles. The second kappa shape index (κ2) is 7.08. The minimum absolute atomic E-state index is 0.258. The first-order chi connectivity index (χ1) is 11.8. The first-order valence-electron chi connectivity index (χ1n) is 8.96. The van der Waals surface area contributed by atoms with E-state index in [1.165, 1.54) is 28.8 Å². The van der Waals surface area contributed by atoms with Gasteiger partial charge in [0.05, 0.1) is 5.56 Å². The van der Waals surface area contributed by atoms with Crippen LogP contribution in [-0.2, 0) is 19.4 Å². The highest BCUT2D eigenvalue weighted by Gasteiger charge is 2.26. The highest BCUT2D eigenvalue weighted by molar-refractivity contribution is 7.10. The molecule has 1 saturated heterocycles. The van der Waals surface area contributed by atoms with E-state index in [9.17, 15) is 4.79 Å². The molecule has 2 aliphatic rings. The molecule has 0 spiro atoms. The summed E-state index contributed by atoms with van der Waals surface area (Å²) in [6.45, 7) is 4.60. The Kier molecular flexibility index (Phi) is 4.67. The van der Waals surface area contributed by atoms with Crippen LogP contribution in [0.25, 0.3) is 0 Å². The second-order valence-corrected chi connectivity index (χ2v) is 7.78. The zero-order chi connectivity index (χ0) is 16.4. The fourth-order valence-corrected chi connectivity index (χ4v) is 4.91. The highest BCUT2D eigenvalue weighted by atomic mass is 32.1. The number of hydrogen-bond acceptors (Lipinski definition) is 3. The van der Waals surface area contributed by atoms with Crippen LogP contribution in [0.15, 0.2) is 35.7 Å². The van der Waals surface area contributed by atoms with Crippen LogP contribution in [0.2, 0.25) is 0 Å². The lowest BCUT2D eigenvalue weighted by Gasteiger charge is -2.35. The van der Waals surface area contributed by atoms with Gasteiger partial charge in [-0.15, -0.1) is 11.3 Å². The summed E-state index contributed by atoms with van der Waals surface area (Å²) in [5.41, 5.74) is 3.69. The maximum atomic E-state index is 12.9. The van der Waals surface area contributed by atoms with Gasteiger partial charge in [-0.1, -0.05) is 30.3 Å². The number of hydrogen-bond donors (Lipinski definition) is 0. The summed E-state index contributed by atoms with van der Waals surface area (Å²) in [4.78, 5) is 18.9. The van der Waals surface area contributed by atoms with Crippen LogP contribution in [0, 0.1) is 0 Å². The maximum absolute atomic E-state index is 12.9. The number of piperazine rings is 1. The van der Waals surface area contributed by atoms with Gasteiger partial charge in [0.1, 0.15) is 0 Å². The molecule has 0 bridgehead atoms. The van der Waals surface area contributed by atoms with E-state index < -0.39 is 0 Å². The number of amides is 1. The number of aryl methyl sites for hydroxylation is 1. The molecule has 1 aliphatic heterocycles. The average Bonchev–Trinajstić information content (AvgIpc) is 3.07. The topological polar surface area (TPSA) is 23.6 Å². The minimum Gasteiger partial charge on any atom is -0.336 e. The van der Waals surface area contributed by atoms with E-state index in [1.54, 1.807) is 11.3 Å². The zero-order valence-electron chi connectivity index (χ0n) is 14.0. The molecule has 0 N–H and O–H groups in total. The van der Waals surface area contributed by atoms with Crippen molar-refractivity contribution in [3.63, 3.8) is 0 Å². The number of carbonyl (C=O) groups is 1. The molecule has 4 heteroatoms. The van der Waals surface area contributed by atoms with Gasteiger partial charge in [-0.3, -0.25) is 9.69 Å². The van der Waals surface area contributed by atoms with Crippen LogP contribution in [0.3, 0.4) is 0 Å². The number of nitrogens with zero attached hydrogens (tertiary/aromatic N) is 2. The van der Waals surface area contributed by atoms with Gasteiger partial charge >= 0.3 is 0 Å². The lowest BCUT2D eigenvalue weighted by molar-refractivity contribution is 0.0627. The third-order valence-electron chi connectivity index (χ3n) is 5.20. The fraction of sp³-hybridized carbons (Fsp3) is 0.450. The van der Waals surface area contributed by atoms with Crippen molar-refractivity contribution in [2.45, 2.75) is 32.2 Å². The van der Waals surface area contributed by atoms with E-state index in [0.717, 1.165) is 51.1 Å². The van der Waals surface area contributed by atoms with Crippen LogP contribution >= 0.6 is 11.3 Å². The monoisotopic (exact) mass is 340 g/mol. The van der Waals surface area contributed by atoms with Crippen molar-refractivity contribution in [1.82, 2.24) is 9.80 Å². The molecule has 1 aromatic carbocycles. The van der Waals surface area contributed by atoms with Crippen molar-refractivity contribution in [3.8, 4) is 0 Å². The van der Waals surface area contributed by atoms with E-state index in [0.29, 0.717) is 0 Å². The van der Waals surface area contributed by atoms with Crippen molar-refractivity contribution in [2.75, 3.05) is 26.2 Å².